The smallest absolute Gasteiger partial charge is 0.343 e. The van der Waals surface area contributed by atoms with Gasteiger partial charge < -0.3 is 10.2 Å². The number of carbonyl (C=O) groups is 2. The van der Waals surface area contributed by atoms with E-state index in [2.05, 4.69) is 15.6 Å². The van der Waals surface area contributed by atoms with Crippen molar-refractivity contribution in [2.24, 2.45) is 0 Å². The molecule has 0 radical (unpaired) electrons. The second-order valence-corrected chi connectivity index (χ2v) is 9.46. The van der Waals surface area contributed by atoms with Crippen LogP contribution in [0.3, 0.4) is 0 Å². The molecule has 3 atom stereocenters. The molecule has 38 heavy (non-hydrogen) atoms. The number of nitrogens with zero attached hydrogens (tertiary/aromatic N) is 4. The zero-order valence-corrected chi connectivity index (χ0v) is 20.6. The third-order valence-electron chi connectivity index (χ3n) is 6.47. The van der Waals surface area contributed by atoms with E-state index in [0.29, 0.717) is 27.6 Å². The molecule has 12 heteroatoms. The van der Waals surface area contributed by atoms with E-state index in [-0.39, 0.29) is 12.3 Å². The fraction of sp³-hybridized carbons (Fsp3) is 0.385. The number of likely N-dealkylation sites (tertiary alicyclic amines) is 1. The molecule has 202 valence electrons. The van der Waals surface area contributed by atoms with Gasteiger partial charge in [-0.25, -0.2) is 13.5 Å². The summed E-state index contributed by atoms with van der Waals surface area (Å²) in [6.07, 6.45) is -6.20. The number of amides is 2. The minimum Gasteiger partial charge on any atom is -0.343 e. The molecule has 3 aromatic rings. The number of alkyl halides is 4. The number of benzene rings is 2. The minimum absolute atomic E-state index is 0.0591. The van der Waals surface area contributed by atoms with Gasteiger partial charge in [-0.3, -0.25) is 9.59 Å². The van der Waals surface area contributed by atoms with Crippen LogP contribution in [-0.4, -0.2) is 50.5 Å². The molecule has 1 aliphatic heterocycles. The van der Waals surface area contributed by atoms with Crippen molar-refractivity contribution >= 4 is 11.8 Å². The first-order valence-electron chi connectivity index (χ1n) is 12.0. The molecule has 2 amide bonds. The maximum Gasteiger partial charge on any atom is 0.434 e. The van der Waals surface area contributed by atoms with E-state index in [1.165, 1.54) is 6.07 Å². The normalized spacial score (nSPS) is 18.6. The first kappa shape index (κ1) is 27.2. The largest absolute Gasteiger partial charge is 0.434 e. The van der Waals surface area contributed by atoms with Crippen molar-refractivity contribution in [1.82, 2.24) is 25.2 Å². The number of halogens is 5. The lowest BCUT2D eigenvalue weighted by molar-refractivity contribution is -0.147. The van der Waals surface area contributed by atoms with Crippen molar-refractivity contribution in [3.8, 4) is 0 Å². The Hall–Kier alpha value is -3.83. The van der Waals surface area contributed by atoms with E-state index < -0.39 is 60.8 Å². The topological polar surface area (TPSA) is 80.1 Å². The predicted octanol–water partition coefficient (Wildman–Crippen LogP) is 4.40. The average Bonchev–Trinajstić information content (AvgIpc) is 3.49. The van der Waals surface area contributed by atoms with Crippen LogP contribution in [0.4, 0.5) is 22.0 Å². The van der Waals surface area contributed by atoms with Crippen molar-refractivity contribution in [3.63, 3.8) is 0 Å². The van der Waals surface area contributed by atoms with Crippen LogP contribution in [0.2, 0.25) is 0 Å². The zero-order chi connectivity index (χ0) is 27.6. The molecule has 0 aliphatic carbocycles. The Labute approximate surface area is 215 Å². The van der Waals surface area contributed by atoms with E-state index in [1.54, 1.807) is 42.5 Å². The Morgan fingerprint density at radius 2 is 1.82 bits per heavy atom. The highest BCUT2D eigenvalue weighted by Crippen LogP contribution is 2.30. The van der Waals surface area contributed by atoms with E-state index in [9.17, 15) is 31.5 Å². The highest BCUT2D eigenvalue weighted by Gasteiger charge is 2.42. The summed E-state index contributed by atoms with van der Waals surface area (Å²) in [5.74, 6) is -2.13. The van der Waals surface area contributed by atoms with E-state index in [0.717, 1.165) is 4.90 Å². The molecular formula is C26H26F5N5O2. The summed E-state index contributed by atoms with van der Waals surface area (Å²) in [6.45, 7) is 2.38. The lowest BCUT2D eigenvalue weighted by Gasteiger charge is -2.27. The van der Waals surface area contributed by atoms with E-state index in [1.807, 2.05) is 13.8 Å². The summed E-state index contributed by atoms with van der Waals surface area (Å²) >= 11 is 0. The van der Waals surface area contributed by atoms with Crippen LogP contribution >= 0.6 is 0 Å². The van der Waals surface area contributed by atoms with Crippen molar-refractivity contribution in [2.75, 3.05) is 6.54 Å². The Morgan fingerprint density at radius 3 is 2.45 bits per heavy atom. The van der Waals surface area contributed by atoms with Gasteiger partial charge in [0.1, 0.15) is 24.6 Å². The second-order valence-electron chi connectivity index (χ2n) is 9.46. The molecule has 0 spiro atoms. The van der Waals surface area contributed by atoms with Gasteiger partial charge in [0.05, 0.1) is 18.8 Å². The fourth-order valence-electron chi connectivity index (χ4n) is 4.56. The molecule has 0 saturated carbocycles. The molecule has 1 aromatic heterocycles. The first-order chi connectivity index (χ1) is 18.0. The summed E-state index contributed by atoms with van der Waals surface area (Å²) in [7, 11) is 0. The van der Waals surface area contributed by atoms with Crippen LogP contribution in [0.1, 0.15) is 54.6 Å². The van der Waals surface area contributed by atoms with Gasteiger partial charge in [-0.1, -0.05) is 61.5 Å². The van der Waals surface area contributed by atoms with Crippen molar-refractivity contribution in [1.29, 1.82) is 0 Å². The third-order valence-corrected chi connectivity index (χ3v) is 6.47. The van der Waals surface area contributed by atoms with Crippen LogP contribution in [0, 0.1) is 5.82 Å². The van der Waals surface area contributed by atoms with Gasteiger partial charge in [0.25, 0.3) is 0 Å². The van der Waals surface area contributed by atoms with Gasteiger partial charge in [0, 0.05) is 6.42 Å². The monoisotopic (exact) mass is 535 g/mol. The van der Waals surface area contributed by atoms with Gasteiger partial charge in [0.2, 0.25) is 11.8 Å². The Kier molecular flexibility index (Phi) is 7.79. The average molecular weight is 536 g/mol. The molecule has 1 saturated heterocycles. The summed E-state index contributed by atoms with van der Waals surface area (Å²) in [6, 6.07) is 11.3. The van der Waals surface area contributed by atoms with Crippen LogP contribution in [-0.2, 0) is 22.3 Å². The molecule has 1 aliphatic rings. The van der Waals surface area contributed by atoms with Crippen molar-refractivity contribution in [2.45, 2.75) is 57.2 Å². The number of aromatic nitrogens is 3. The van der Waals surface area contributed by atoms with Crippen LogP contribution in [0.25, 0.3) is 0 Å². The molecule has 3 unspecified atom stereocenters. The highest BCUT2D eigenvalue weighted by atomic mass is 19.4. The molecular weight excluding hydrogens is 509 g/mol. The van der Waals surface area contributed by atoms with E-state index >= 15 is 0 Å². The summed E-state index contributed by atoms with van der Waals surface area (Å²) in [4.78, 5) is 27.2. The lowest BCUT2D eigenvalue weighted by atomic mass is 9.94. The second kappa shape index (κ2) is 10.9. The number of nitrogens with one attached hydrogen (secondary N) is 1. The van der Waals surface area contributed by atoms with Crippen molar-refractivity contribution < 1.29 is 31.5 Å². The number of hydrogen-bond acceptors (Lipinski definition) is 4. The molecule has 1 N–H and O–H groups in total. The van der Waals surface area contributed by atoms with Gasteiger partial charge in [-0.05, 0) is 28.7 Å². The van der Waals surface area contributed by atoms with Gasteiger partial charge in [-0.2, -0.15) is 13.2 Å². The summed E-state index contributed by atoms with van der Waals surface area (Å²) in [5, 5.41) is 9.30. The molecule has 2 heterocycles. The minimum atomic E-state index is -4.79. The zero-order valence-electron chi connectivity index (χ0n) is 20.6. The predicted molar refractivity (Wildman–Crippen MR) is 127 cm³/mol. The quantitative estimate of drug-likeness (QED) is 0.455. The maximum absolute atomic E-state index is 14.8. The SMILES string of the molecule is CC(C)c1ccc(C(NC(=O)C2CC(F)CN2C(=O)Cn2nncc2C(F)(F)F)c2ccccc2)cc1F. The van der Waals surface area contributed by atoms with Crippen LogP contribution < -0.4 is 5.32 Å². The van der Waals surface area contributed by atoms with Crippen LogP contribution in [0.15, 0.2) is 54.7 Å². The summed E-state index contributed by atoms with van der Waals surface area (Å²) in [5.41, 5.74) is 0.337. The standard InChI is InChI=1S/C26H26F5N5O2/c1-15(2)19-9-8-17(10-20(19)28)24(16-6-4-3-5-7-16)33-25(38)21-11-18(27)13-35(21)23(37)14-36-22(12-32-34-36)26(29,30)31/h3-10,12,15,18,21,24H,11,13-14H2,1-2H3,(H,33,38). The van der Waals surface area contributed by atoms with Gasteiger partial charge >= 0.3 is 6.18 Å². The Morgan fingerprint density at radius 1 is 1.11 bits per heavy atom. The van der Waals surface area contributed by atoms with Gasteiger partial charge in [0.15, 0.2) is 5.69 Å². The maximum atomic E-state index is 14.8. The highest BCUT2D eigenvalue weighted by molar-refractivity contribution is 5.89. The molecule has 1 fully saturated rings. The lowest BCUT2D eigenvalue weighted by Crippen LogP contribution is -2.48. The Bertz CT molecular complexity index is 1290. The first-order valence-corrected chi connectivity index (χ1v) is 12.0. The number of carbonyl (C=O) groups excluding carboxylic acids is 2. The Balaban J connectivity index is 1.58. The fourth-order valence-corrected chi connectivity index (χ4v) is 4.56. The van der Waals surface area contributed by atoms with Gasteiger partial charge in [-0.15, -0.1) is 5.10 Å². The molecule has 2 aromatic carbocycles. The third kappa shape index (κ3) is 5.84. The molecule has 4 rings (SSSR count). The van der Waals surface area contributed by atoms with Crippen molar-refractivity contribution in [3.05, 3.63) is 82.9 Å². The molecule has 7 nitrogen and oxygen atoms in total. The number of rotatable bonds is 7. The van der Waals surface area contributed by atoms with Crippen LogP contribution in [0.5, 0.6) is 0 Å². The molecule has 0 bridgehead atoms. The summed E-state index contributed by atoms with van der Waals surface area (Å²) < 4.78 is 69.1. The van der Waals surface area contributed by atoms with E-state index in [4.69, 9.17) is 0 Å². The number of hydrogen-bond donors (Lipinski definition) is 1.